The molecule has 0 bridgehead atoms. The van der Waals surface area contributed by atoms with Crippen LogP contribution in [0.4, 0.5) is 4.79 Å². The monoisotopic (exact) mass is 227 g/mol. The molecule has 0 heterocycles. The zero-order chi connectivity index (χ0) is 12.6. The Balaban J connectivity index is 4.13. The summed E-state index contributed by atoms with van der Waals surface area (Å²) >= 11 is 0. The molecule has 0 aromatic rings. The fourth-order valence-corrected chi connectivity index (χ4v) is 1.28. The fraction of sp³-hybridized carbons (Fsp3) is 0.636. The van der Waals surface area contributed by atoms with Crippen LogP contribution >= 0.6 is 0 Å². The molecular weight excluding hydrogens is 206 g/mol. The van der Waals surface area contributed by atoms with E-state index in [0.29, 0.717) is 19.6 Å². The van der Waals surface area contributed by atoms with Gasteiger partial charge in [-0.05, 0) is 20.8 Å². The van der Waals surface area contributed by atoms with Crippen LogP contribution < -0.4 is 10.6 Å². The Morgan fingerprint density at radius 2 is 1.94 bits per heavy atom. The van der Waals surface area contributed by atoms with Crippen LogP contribution in [0.1, 0.15) is 20.8 Å². The molecule has 0 aliphatic carbocycles. The summed E-state index contributed by atoms with van der Waals surface area (Å²) < 4.78 is 0. The van der Waals surface area contributed by atoms with Gasteiger partial charge in [0.25, 0.3) is 0 Å². The first-order chi connectivity index (χ1) is 7.56. The molecule has 2 N–H and O–H groups in total. The SMILES string of the molecule is C=CCNC(=O)N[C@@H](C)C(=O)N(CC)CC. The normalized spacial score (nSPS) is 11.4. The summed E-state index contributed by atoms with van der Waals surface area (Å²) in [4.78, 5) is 24.7. The number of nitrogens with one attached hydrogen (secondary N) is 2. The summed E-state index contributed by atoms with van der Waals surface area (Å²) in [5.41, 5.74) is 0. The minimum Gasteiger partial charge on any atom is -0.341 e. The molecule has 0 aromatic heterocycles. The Morgan fingerprint density at radius 3 is 2.38 bits per heavy atom. The molecule has 0 saturated carbocycles. The lowest BCUT2D eigenvalue weighted by Crippen LogP contribution is -2.49. The molecular formula is C11H21N3O2. The van der Waals surface area contributed by atoms with E-state index in [0.717, 1.165) is 0 Å². The summed E-state index contributed by atoms with van der Waals surface area (Å²) in [5, 5.41) is 5.13. The molecule has 0 aliphatic rings. The van der Waals surface area contributed by atoms with E-state index in [-0.39, 0.29) is 11.9 Å². The minimum atomic E-state index is -0.510. The molecule has 0 aliphatic heterocycles. The number of carbonyl (C=O) groups is 2. The highest BCUT2D eigenvalue weighted by Gasteiger charge is 2.19. The summed E-state index contributed by atoms with van der Waals surface area (Å²) in [6, 6.07) is -0.863. The third kappa shape index (κ3) is 4.82. The van der Waals surface area contributed by atoms with Gasteiger partial charge in [0, 0.05) is 19.6 Å². The average Bonchev–Trinajstić information content (AvgIpc) is 2.27. The van der Waals surface area contributed by atoms with E-state index in [9.17, 15) is 9.59 Å². The molecule has 0 saturated heterocycles. The molecule has 0 fully saturated rings. The van der Waals surface area contributed by atoms with Crippen molar-refractivity contribution in [3.8, 4) is 0 Å². The van der Waals surface area contributed by atoms with Gasteiger partial charge in [0.1, 0.15) is 6.04 Å². The quantitative estimate of drug-likeness (QED) is 0.657. The number of amides is 3. The second-order valence-electron chi connectivity index (χ2n) is 3.38. The number of rotatable bonds is 6. The van der Waals surface area contributed by atoms with Crippen LogP contribution in [0.15, 0.2) is 12.7 Å². The van der Waals surface area contributed by atoms with E-state index in [1.54, 1.807) is 17.9 Å². The van der Waals surface area contributed by atoms with Crippen molar-refractivity contribution in [1.29, 1.82) is 0 Å². The van der Waals surface area contributed by atoms with E-state index in [1.165, 1.54) is 0 Å². The molecule has 3 amide bonds. The molecule has 16 heavy (non-hydrogen) atoms. The predicted molar refractivity (Wildman–Crippen MR) is 64.1 cm³/mol. The van der Waals surface area contributed by atoms with E-state index < -0.39 is 6.04 Å². The van der Waals surface area contributed by atoms with Crippen molar-refractivity contribution in [3.05, 3.63) is 12.7 Å². The van der Waals surface area contributed by atoms with E-state index >= 15 is 0 Å². The van der Waals surface area contributed by atoms with Crippen molar-refractivity contribution in [1.82, 2.24) is 15.5 Å². The van der Waals surface area contributed by atoms with Crippen LogP contribution in [0.5, 0.6) is 0 Å². The molecule has 0 aromatic carbocycles. The van der Waals surface area contributed by atoms with Crippen LogP contribution in [0, 0.1) is 0 Å². The number of carbonyl (C=O) groups excluding carboxylic acids is 2. The Morgan fingerprint density at radius 1 is 1.38 bits per heavy atom. The second kappa shape index (κ2) is 7.73. The van der Waals surface area contributed by atoms with Gasteiger partial charge in [-0.3, -0.25) is 4.79 Å². The van der Waals surface area contributed by atoms with Gasteiger partial charge in [0.2, 0.25) is 5.91 Å². The van der Waals surface area contributed by atoms with Gasteiger partial charge in [-0.2, -0.15) is 0 Å². The average molecular weight is 227 g/mol. The van der Waals surface area contributed by atoms with Crippen LogP contribution in [0.2, 0.25) is 0 Å². The zero-order valence-electron chi connectivity index (χ0n) is 10.2. The highest BCUT2D eigenvalue weighted by Crippen LogP contribution is 1.94. The van der Waals surface area contributed by atoms with Crippen molar-refractivity contribution >= 4 is 11.9 Å². The van der Waals surface area contributed by atoms with Gasteiger partial charge >= 0.3 is 6.03 Å². The molecule has 0 radical (unpaired) electrons. The number of hydrogen-bond acceptors (Lipinski definition) is 2. The number of urea groups is 1. The second-order valence-corrected chi connectivity index (χ2v) is 3.38. The third-order valence-corrected chi connectivity index (χ3v) is 2.20. The van der Waals surface area contributed by atoms with E-state index in [1.807, 2.05) is 13.8 Å². The third-order valence-electron chi connectivity index (χ3n) is 2.20. The van der Waals surface area contributed by atoms with Gasteiger partial charge in [0.05, 0.1) is 0 Å². The molecule has 0 spiro atoms. The van der Waals surface area contributed by atoms with Crippen molar-refractivity contribution in [2.45, 2.75) is 26.8 Å². The standard InChI is InChI=1S/C11H21N3O2/c1-5-8-12-11(16)13-9(4)10(15)14(6-2)7-3/h5,9H,1,6-8H2,2-4H3,(H2,12,13,16)/t9-/m0/s1. The summed E-state index contributed by atoms with van der Waals surface area (Å²) in [6.07, 6.45) is 1.58. The van der Waals surface area contributed by atoms with Crippen molar-refractivity contribution in [3.63, 3.8) is 0 Å². The Hall–Kier alpha value is -1.52. The lowest BCUT2D eigenvalue weighted by atomic mass is 10.3. The van der Waals surface area contributed by atoms with Gasteiger partial charge in [-0.25, -0.2) is 4.79 Å². The Kier molecular flexibility index (Phi) is 7.00. The van der Waals surface area contributed by atoms with Crippen molar-refractivity contribution in [2.75, 3.05) is 19.6 Å². The van der Waals surface area contributed by atoms with Crippen molar-refractivity contribution < 1.29 is 9.59 Å². The maximum absolute atomic E-state index is 11.8. The predicted octanol–water partition coefficient (Wildman–Crippen LogP) is 0.728. The Bertz CT molecular complexity index is 250. The highest BCUT2D eigenvalue weighted by molar-refractivity contribution is 5.86. The van der Waals surface area contributed by atoms with Gasteiger partial charge < -0.3 is 15.5 Å². The Labute approximate surface area is 96.9 Å². The lowest BCUT2D eigenvalue weighted by Gasteiger charge is -2.23. The first-order valence-corrected chi connectivity index (χ1v) is 5.50. The van der Waals surface area contributed by atoms with Crippen molar-refractivity contribution in [2.24, 2.45) is 0 Å². The van der Waals surface area contributed by atoms with Crippen LogP contribution in [0.25, 0.3) is 0 Å². The summed E-state index contributed by atoms with van der Waals surface area (Å²) in [6.45, 7) is 10.7. The lowest BCUT2D eigenvalue weighted by molar-refractivity contribution is -0.132. The largest absolute Gasteiger partial charge is 0.341 e. The van der Waals surface area contributed by atoms with Crippen LogP contribution in [-0.4, -0.2) is 42.5 Å². The number of likely N-dealkylation sites (N-methyl/N-ethyl adjacent to an activating group) is 1. The maximum atomic E-state index is 11.8. The topological polar surface area (TPSA) is 61.4 Å². The summed E-state index contributed by atoms with van der Waals surface area (Å²) in [7, 11) is 0. The van der Waals surface area contributed by atoms with Crippen LogP contribution in [-0.2, 0) is 4.79 Å². The number of nitrogens with zero attached hydrogens (tertiary/aromatic N) is 1. The molecule has 5 heteroatoms. The minimum absolute atomic E-state index is 0.0706. The van der Waals surface area contributed by atoms with Gasteiger partial charge in [-0.1, -0.05) is 6.08 Å². The van der Waals surface area contributed by atoms with Gasteiger partial charge in [-0.15, -0.1) is 6.58 Å². The fourth-order valence-electron chi connectivity index (χ4n) is 1.28. The molecule has 1 atom stereocenters. The number of hydrogen-bond donors (Lipinski definition) is 2. The first kappa shape index (κ1) is 14.5. The molecule has 0 unspecified atom stereocenters. The van der Waals surface area contributed by atoms with E-state index in [2.05, 4.69) is 17.2 Å². The molecule has 92 valence electrons. The maximum Gasteiger partial charge on any atom is 0.315 e. The molecule has 5 nitrogen and oxygen atoms in total. The van der Waals surface area contributed by atoms with Crippen LogP contribution in [0.3, 0.4) is 0 Å². The summed E-state index contributed by atoms with van der Waals surface area (Å²) in [5.74, 6) is -0.0706. The van der Waals surface area contributed by atoms with E-state index in [4.69, 9.17) is 0 Å². The highest BCUT2D eigenvalue weighted by atomic mass is 16.2. The first-order valence-electron chi connectivity index (χ1n) is 5.50. The smallest absolute Gasteiger partial charge is 0.315 e. The van der Waals surface area contributed by atoms with Gasteiger partial charge in [0.15, 0.2) is 0 Å². The zero-order valence-corrected chi connectivity index (χ0v) is 10.2. The molecule has 0 rings (SSSR count).